The molecule has 0 radical (unpaired) electrons. The maximum absolute atomic E-state index is 5.44. The van der Waals surface area contributed by atoms with Crippen molar-refractivity contribution in [3.63, 3.8) is 0 Å². The highest BCUT2D eigenvalue weighted by atomic mass is 35.5. The lowest BCUT2D eigenvalue weighted by molar-refractivity contribution is 0.0459. The van der Waals surface area contributed by atoms with Crippen molar-refractivity contribution in [1.29, 1.82) is 0 Å². The van der Waals surface area contributed by atoms with E-state index in [9.17, 15) is 0 Å². The first-order valence-corrected chi connectivity index (χ1v) is 7.35. The van der Waals surface area contributed by atoms with E-state index < -0.39 is 0 Å². The maximum Gasteiger partial charge on any atom is 0.0469 e. The second-order valence-corrected chi connectivity index (χ2v) is 6.26. The van der Waals surface area contributed by atoms with Gasteiger partial charge in [-0.05, 0) is 51.5 Å². The normalized spacial score (nSPS) is 36.7. The van der Waals surface area contributed by atoms with E-state index in [1.807, 2.05) is 0 Å². The molecule has 0 aromatic heterocycles. The lowest BCUT2D eigenvalue weighted by Gasteiger charge is -2.37. The Morgan fingerprint density at radius 1 is 1.06 bits per heavy atom. The molecule has 1 N–H and O–H groups in total. The first-order valence-electron chi connectivity index (χ1n) is 7.35. The number of halogens is 1. The quantitative estimate of drug-likeness (QED) is 0.853. The molecule has 3 nitrogen and oxygen atoms in total. The van der Waals surface area contributed by atoms with Crippen molar-refractivity contribution in [2.24, 2.45) is 5.92 Å². The Morgan fingerprint density at radius 3 is 2.28 bits per heavy atom. The Bertz CT molecular complexity index is 246. The van der Waals surface area contributed by atoms with Crippen LogP contribution < -0.4 is 5.32 Å². The van der Waals surface area contributed by atoms with Gasteiger partial charge < -0.3 is 15.0 Å². The largest absolute Gasteiger partial charge is 0.381 e. The van der Waals surface area contributed by atoms with Crippen molar-refractivity contribution in [3.8, 4) is 0 Å². The number of hydrogen-bond donors (Lipinski definition) is 1. The van der Waals surface area contributed by atoms with Crippen LogP contribution in [0.25, 0.3) is 0 Å². The van der Waals surface area contributed by atoms with Crippen molar-refractivity contribution in [3.05, 3.63) is 0 Å². The average Bonchev–Trinajstić information content (AvgIpc) is 2.69. The minimum atomic E-state index is 0. The second kappa shape index (κ2) is 6.56. The topological polar surface area (TPSA) is 24.5 Å². The van der Waals surface area contributed by atoms with Crippen LogP contribution in [0.15, 0.2) is 0 Å². The summed E-state index contributed by atoms with van der Waals surface area (Å²) in [7, 11) is 2.34. The van der Waals surface area contributed by atoms with Gasteiger partial charge in [0.05, 0.1) is 0 Å². The van der Waals surface area contributed by atoms with Crippen LogP contribution in [-0.2, 0) is 4.74 Å². The van der Waals surface area contributed by atoms with Gasteiger partial charge in [-0.1, -0.05) is 0 Å². The molecule has 3 aliphatic heterocycles. The molecular formula is C14H27ClN2O. The smallest absolute Gasteiger partial charge is 0.0469 e. The molecule has 2 unspecified atom stereocenters. The van der Waals surface area contributed by atoms with E-state index >= 15 is 0 Å². The lowest BCUT2D eigenvalue weighted by Crippen LogP contribution is -2.48. The van der Waals surface area contributed by atoms with Crippen molar-refractivity contribution >= 4 is 12.4 Å². The number of nitrogens with zero attached hydrogens (tertiary/aromatic N) is 1. The molecule has 0 aromatic rings. The molecule has 2 atom stereocenters. The SMILES string of the molecule is CN(CC1CCOCC1)C1CC2CCC(C1)N2.Cl. The number of rotatable bonds is 3. The van der Waals surface area contributed by atoms with Gasteiger partial charge in [-0.15, -0.1) is 12.4 Å². The number of fused-ring (bicyclic) bond motifs is 2. The van der Waals surface area contributed by atoms with Gasteiger partial charge in [0.25, 0.3) is 0 Å². The highest BCUT2D eigenvalue weighted by molar-refractivity contribution is 5.85. The fourth-order valence-corrected chi connectivity index (χ4v) is 3.87. The zero-order chi connectivity index (χ0) is 11.7. The van der Waals surface area contributed by atoms with Crippen molar-refractivity contribution in [1.82, 2.24) is 10.2 Å². The van der Waals surface area contributed by atoms with Crippen LogP contribution in [-0.4, -0.2) is 49.8 Å². The zero-order valence-electron chi connectivity index (χ0n) is 11.4. The van der Waals surface area contributed by atoms with E-state index in [4.69, 9.17) is 4.74 Å². The number of ether oxygens (including phenoxy) is 1. The standard InChI is InChI=1S/C14H26N2O.ClH/c1-16(10-11-4-6-17-7-5-11)14-8-12-2-3-13(9-14)15-12;/h11-15H,2-10H2,1H3;1H. The van der Waals surface area contributed by atoms with Gasteiger partial charge in [0, 0.05) is 37.9 Å². The van der Waals surface area contributed by atoms with Crippen LogP contribution in [0.3, 0.4) is 0 Å². The molecule has 2 bridgehead atoms. The van der Waals surface area contributed by atoms with Gasteiger partial charge in [-0.3, -0.25) is 0 Å². The van der Waals surface area contributed by atoms with Gasteiger partial charge in [0.1, 0.15) is 0 Å². The molecule has 18 heavy (non-hydrogen) atoms. The van der Waals surface area contributed by atoms with E-state index in [1.54, 1.807) is 0 Å². The number of hydrogen-bond acceptors (Lipinski definition) is 3. The summed E-state index contributed by atoms with van der Waals surface area (Å²) in [4.78, 5) is 2.64. The van der Waals surface area contributed by atoms with Gasteiger partial charge in [0.2, 0.25) is 0 Å². The van der Waals surface area contributed by atoms with Crippen LogP contribution in [0.4, 0.5) is 0 Å². The zero-order valence-corrected chi connectivity index (χ0v) is 12.3. The van der Waals surface area contributed by atoms with Gasteiger partial charge >= 0.3 is 0 Å². The fraction of sp³-hybridized carbons (Fsp3) is 1.00. The van der Waals surface area contributed by atoms with E-state index in [1.165, 1.54) is 45.1 Å². The Hall–Kier alpha value is 0.170. The summed E-state index contributed by atoms with van der Waals surface area (Å²) >= 11 is 0. The summed E-state index contributed by atoms with van der Waals surface area (Å²) in [6, 6.07) is 2.46. The molecule has 0 aromatic carbocycles. The molecule has 4 heteroatoms. The Kier molecular flexibility index (Phi) is 5.31. The molecule has 0 aliphatic carbocycles. The highest BCUT2D eigenvalue weighted by Gasteiger charge is 2.35. The molecule has 106 valence electrons. The van der Waals surface area contributed by atoms with Gasteiger partial charge in [0.15, 0.2) is 0 Å². The van der Waals surface area contributed by atoms with Crippen LogP contribution in [0.1, 0.15) is 38.5 Å². The summed E-state index contributed by atoms with van der Waals surface area (Å²) in [5.41, 5.74) is 0. The summed E-state index contributed by atoms with van der Waals surface area (Å²) in [5, 5.41) is 3.73. The predicted octanol–water partition coefficient (Wildman–Crippen LogP) is 2.05. The van der Waals surface area contributed by atoms with Crippen LogP contribution in [0, 0.1) is 5.92 Å². The van der Waals surface area contributed by atoms with E-state index in [0.717, 1.165) is 37.3 Å². The summed E-state index contributed by atoms with van der Waals surface area (Å²) in [5.74, 6) is 0.876. The Labute approximate surface area is 117 Å². The van der Waals surface area contributed by atoms with Crippen LogP contribution in [0.5, 0.6) is 0 Å². The minimum Gasteiger partial charge on any atom is -0.381 e. The Balaban J connectivity index is 0.00000120. The maximum atomic E-state index is 5.44. The molecule has 3 saturated heterocycles. The molecular weight excluding hydrogens is 248 g/mol. The molecule has 0 spiro atoms. The first kappa shape index (κ1) is 14.6. The summed E-state index contributed by atoms with van der Waals surface area (Å²) in [6.45, 7) is 3.25. The third kappa shape index (κ3) is 3.38. The fourth-order valence-electron chi connectivity index (χ4n) is 3.87. The predicted molar refractivity (Wildman–Crippen MR) is 76.4 cm³/mol. The number of nitrogens with one attached hydrogen (secondary N) is 1. The molecule has 3 aliphatic rings. The van der Waals surface area contributed by atoms with Gasteiger partial charge in [-0.2, -0.15) is 0 Å². The van der Waals surface area contributed by atoms with Gasteiger partial charge in [-0.25, -0.2) is 0 Å². The average molecular weight is 275 g/mol. The number of piperidine rings is 1. The van der Waals surface area contributed by atoms with Crippen LogP contribution in [0.2, 0.25) is 0 Å². The second-order valence-electron chi connectivity index (χ2n) is 6.26. The Morgan fingerprint density at radius 2 is 1.67 bits per heavy atom. The lowest BCUT2D eigenvalue weighted by atomic mass is 9.95. The first-order chi connectivity index (χ1) is 8.31. The molecule has 0 amide bonds. The molecule has 0 saturated carbocycles. The van der Waals surface area contributed by atoms with Crippen molar-refractivity contribution < 1.29 is 4.74 Å². The summed E-state index contributed by atoms with van der Waals surface area (Å²) in [6.07, 6.45) is 8.09. The summed E-state index contributed by atoms with van der Waals surface area (Å²) < 4.78 is 5.44. The van der Waals surface area contributed by atoms with E-state index in [0.29, 0.717) is 0 Å². The third-order valence-electron chi connectivity index (χ3n) is 4.96. The van der Waals surface area contributed by atoms with E-state index in [-0.39, 0.29) is 12.4 Å². The minimum absolute atomic E-state index is 0. The van der Waals surface area contributed by atoms with Crippen molar-refractivity contribution in [2.75, 3.05) is 26.8 Å². The van der Waals surface area contributed by atoms with E-state index in [2.05, 4.69) is 17.3 Å². The monoisotopic (exact) mass is 274 g/mol. The van der Waals surface area contributed by atoms with Crippen LogP contribution >= 0.6 is 12.4 Å². The highest BCUT2D eigenvalue weighted by Crippen LogP contribution is 2.30. The molecule has 3 rings (SSSR count). The molecule has 3 heterocycles. The van der Waals surface area contributed by atoms with Crippen molar-refractivity contribution in [2.45, 2.75) is 56.7 Å². The third-order valence-corrected chi connectivity index (χ3v) is 4.96. The molecule has 3 fully saturated rings.